The van der Waals surface area contributed by atoms with Crippen LogP contribution >= 0.6 is 27.3 Å². The number of carbonyl (C=O) groups excluding carboxylic acids is 1. The Morgan fingerprint density at radius 3 is 3.00 bits per heavy atom. The molecule has 2 aromatic heterocycles. The van der Waals surface area contributed by atoms with Gasteiger partial charge in [-0.1, -0.05) is 6.07 Å². The molecule has 106 valence electrons. The second-order valence-electron chi connectivity index (χ2n) is 3.92. The van der Waals surface area contributed by atoms with Crippen LogP contribution in [0.15, 0.2) is 34.2 Å². The number of aldehydes is 1. The van der Waals surface area contributed by atoms with Crippen molar-refractivity contribution < 1.29 is 14.5 Å². The largest absolute Gasteiger partial charge is 0.428 e. The first-order valence-electron chi connectivity index (χ1n) is 5.63. The molecule has 0 saturated heterocycles. The Balaban J connectivity index is 2.12. The SMILES string of the molecule is O=Cc1c(Oc2c(Br)cccc2[N+](=O)[O-])nc2sccn12. The first-order chi connectivity index (χ1) is 10.1. The fourth-order valence-corrected chi connectivity index (χ4v) is 2.95. The van der Waals surface area contributed by atoms with E-state index >= 15 is 0 Å². The Morgan fingerprint density at radius 1 is 1.48 bits per heavy atom. The molecule has 0 fully saturated rings. The Bertz CT molecular complexity index is 857. The summed E-state index contributed by atoms with van der Waals surface area (Å²) in [6.45, 7) is 0. The van der Waals surface area contributed by atoms with E-state index in [0.29, 0.717) is 15.7 Å². The van der Waals surface area contributed by atoms with Gasteiger partial charge in [-0.05, 0) is 22.0 Å². The van der Waals surface area contributed by atoms with E-state index in [4.69, 9.17) is 4.74 Å². The topological polar surface area (TPSA) is 86.7 Å². The monoisotopic (exact) mass is 367 g/mol. The Hall–Kier alpha value is -2.26. The van der Waals surface area contributed by atoms with E-state index in [1.165, 1.54) is 23.5 Å². The number of nitro benzene ring substituents is 1. The molecule has 2 heterocycles. The van der Waals surface area contributed by atoms with Gasteiger partial charge in [-0.3, -0.25) is 19.3 Å². The maximum absolute atomic E-state index is 11.2. The predicted octanol–water partition coefficient (Wildman–Crippen LogP) is 3.67. The molecule has 0 aliphatic rings. The molecule has 0 saturated carbocycles. The molecule has 9 heteroatoms. The number of thiazole rings is 1. The number of carbonyl (C=O) groups is 1. The highest BCUT2D eigenvalue weighted by Gasteiger charge is 2.22. The number of rotatable bonds is 4. The van der Waals surface area contributed by atoms with E-state index in [1.54, 1.807) is 22.0 Å². The minimum absolute atomic E-state index is 0.0105. The summed E-state index contributed by atoms with van der Waals surface area (Å²) in [5.41, 5.74) is -0.00567. The molecule has 1 aromatic carbocycles. The van der Waals surface area contributed by atoms with Gasteiger partial charge >= 0.3 is 5.69 Å². The van der Waals surface area contributed by atoms with Crippen molar-refractivity contribution in [3.63, 3.8) is 0 Å². The molecule has 0 aliphatic heterocycles. The van der Waals surface area contributed by atoms with Gasteiger partial charge in [0.25, 0.3) is 0 Å². The summed E-state index contributed by atoms with van der Waals surface area (Å²) in [6, 6.07) is 4.46. The Labute approximate surface area is 130 Å². The van der Waals surface area contributed by atoms with Crippen molar-refractivity contribution in [3.05, 3.63) is 50.1 Å². The highest BCUT2D eigenvalue weighted by molar-refractivity contribution is 9.10. The van der Waals surface area contributed by atoms with Gasteiger partial charge in [0.15, 0.2) is 16.9 Å². The van der Waals surface area contributed by atoms with E-state index in [-0.39, 0.29) is 23.0 Å². The third-order valence-corrected chi connectivity index (χ3v) is 4.10. The number of benzene rings is 1. The second-order valence-corrected chi connectivity index (χ2v) is 5.65. The van der Waals surface area contributed by atoms with Crippen molar-refractivity contribution in [3.8, 4) is 11.6 Å². The fraction of sp³-hybridized carbons (Fsp3) is 0. The predicted molar refractivity (Wildman–Crippen MR) is 79.3 cm³/mol. The number of fused-ring (bicyclic) bond motifs is 1. The highest BCUT2D eigenvalue weighted by atomic mass is 79.9. The lowest BCUT2D eigenvalue weighted by atomic mass is 10.3. The zero-order valence-corrected chi connectivity index (χ0v) is 12.6. The van der Waals surface area contributed by atoms with Gasteiger partial charge in [-0.25, -0.2) is 0 Å². The summed E-state index contributed by atoms with van der Waals surface area (Å²) in [6.07, 6.45) is 2.28. The third-order valence-electron chi connectivity index (χ3n) is 2.72. The maximum atomic E-state index is 11.2. The smallest absolute Gasteiger partial charge is 0.312 e. The number of halogens is 1. The van der Waals surface area contributed by atoms with Gasteiger partial charge in [-0.2, -0.15) is 4.98 Å². The Morgan fingerprint density at radius 2 is 2.29 bits per heavy atom. The van der Waals surface area contributed by atoms with Crippen LogP contribution in [0.5, 0.6) is 11.6 Å². The highest BCUT2D eigenvalue weighted by Crippen LogP contribution is 2.38. The van der Waals surface area contributed by atoms with Gasteiger partial charge in [0.05, 0.1) is 9.40 Å². The molecule has 0 N–H and O–H groups in total. The average Bonchev–Trinajstić information content (AvgIpc) is 3.00. The summed E-state index contributed by atoms with van der Waals surface area (Å²) in [5.74, 6) is 0.0446. The van der Waals surface area contributed by atoms with Crippen LogP contribution < -0.4 is 4.74 Å². The van der Waals surface area contributed by atoms with Crippen LogP contribution in [0.3, 0.4) is 0 Å². The Kier molecular flexibility index (Phi) is 3.43. The number of nitrogens with zero attached hydrogens (tertiary/aromatic N) is 3. The summed E-state index contributed by atoms with van der Waals surface area (Å²) in [5, 5.41) is 12.8. The minimum Gasteiger partial charge on any atom is -0.428 e. The van der Waals surface area contributed by atoms with Crippen molar-refractivity contribution >= 4 is 44.2 Å². The number of aromatic nitrogens is 2. The fourth-order valence-electron chi connectivity index (χ4n) is 1.80. The first kappa shape index (κ1) is 13.7. The lowest BCUT2D eigenvalue weighted by Gasteiger charge is -2.06. The molecular formula is C12H6BrN3O4S. The summed E-state index contributed by atoms with van der Waals surface area (Å²) in [4.78, 5) is 26.4. The van der Waals surface area contributed by atoms with Gasteiger partial charge in [0, 0.05) is 17.6 Å². The molecule has 0 bridgehead atoms. The number of imidazole rings is 1. The van der Waals surface area contributed by atoms with Crippen LogP contribution in [0.4, 0.5) is 5.69 Å². The first-order valence-corrected chi connectivity index (χ1v) is 7.30. The molecule has 0 radical (unpaired) electrons. The van der Waals surface area contributed by atoms with E-state index in [1.807, 2.05) is 0 Å². The number of nitro groups is 1. The number of ether oxygens (including phenoxy) is 1. The normalized spacial score (nSPS) is 10.7. The molecular weight excluding hydrogens is 362 g/mol. The van der Waals surface area contributed by atoms with E-state index in [0.717, 1.165) is 0 Å². The average molecular weight is 368 g/mol. The number of hydrogen-bond donors (Lipinski definition) is 0. The van der Waals surface area contributed by atoms with Gasteiger partial charge in [0.2, 0.25) is 11.6 Å². The van der Waals surface area contributed by atoms with Crippen molar-refractivity contribution in [1.29, 1.82) is 0 Å². The number of para-hydroxylation sites is 1. The van der Waals surface area contributed by atoms with E-state index < -0.39 is 4.92 Å². The van der Waals surface area contributed by atoms with Gasteiger partial charge in [-0.15, -0.1) is 11.3 Å². The van der Waals surface area contributed by atoms with Crippen LogP contribution in [0.25, 0.3) is 4.96 Å². The molecule has 3 rings (SSSR count). The second kappa shape index (κ2) is 5.26. The standard InChI is InChI=1S/C12H6BrN3O4S/c13-7-2-1-3-8(16(18)19)10(7)20-11-9(6-17)15-4-5-21-12(15)14-11/h1-6H. The number of hydrogen-bond acceptors (Lipinski definition) is 6. The molecule has 3 aromatic rings. The van der Waals surface area contributed by atoms with Crippen molar-refractivity contribution in [1.82, 2.24) is 9.38 Å². The van der Waals surface area contributed by atoms with Gasteiger partial charge in [0.1, 0.15) is 0 Å². The van der Waals surface area contributed by atoms with Crippen LogP contribution in [0.2, 0.25) is 0 Å². The van der Waals surface area contributed by atoms with Crippen molar-refractivity contribution in [2.75, 3.05) is 0 Å². The zero-order valence-electron chi connectivity index (χ0n) is 10.2. The van der Waals surface area contributed by atoms with E-state index in [2.05, 4.69) is 20.9 Å². The quantitative estimate of drug-likeness (QED) is 0.398. The van der Waals surface area contributed by atoms with E-state index in [9.17, 15) is 14.9 Å². The summed E-state index contributed by atoms with van der Waals surface area (Å²) in [7, 11) is 0. The molecule has 7 nitrogen and oxygen atoms in total. The molecule has 0 spiro atoms. The molecule has 21 heavy (non-hydrogen) atoms. The summed E-state index contributed by atoms with van der Waals surface area (Å²) < 4.78 is 7.49. The third kappa shape index (κ3) is 2.30. The molecule has 0 aliphatic carbocycles. The maximum Gasteiger partial charge on any atom is 0.312 e. The molecule has 0 atom stereocenters. The van der Waals surface area contributed by atoms with Crippen molar-refractivity contribution in [2.24, 2.45) is 0 Å². The molecule has 0 unspecified atom stereocenters. The van der Waals surface area contributed by atoms with Crippen molar-refractivity contribution in [2.45, 2.75) is 0 Å². The molecule has 0 amide bonds. The summed E-state index contributed by atoms with van der Waals surface area (Å²) >= 11 is 4.53. The zero-order chi connectivity index (χ0) is 15.0. The van der Waals surface area contributed by atoms with Crippen LogP contribution in [0.1, 0.15) is 10.5 Å². The van der Waals surface area contributed by atoms with Crippen LogP contribution in [-0.2, 0) is 0 Å². The van der Waals surface area contributed by atoms with Gasteiger partial charge < -0.3 is 4.74 Å². The minimum atomic E-state index is -0.556. The van der Waals surface area contributed by atoms with Crippen LogP contribution in [0, 0.1) is 10.1 Å². The lowest BCUT2D eigenvalue weighted by Crippen LogP contribution is -1.97. The van der Waals surface area contributed by atoms with Crippen LogP contribution in [-0.4, -0.2) is 20.6 Å². The lowest BCUT2D eigenvalue weighted by molar-refractivity contribution is -0.385.